The van der Waals surface area contributed by atoms with E-state index in [0.29, 0.717) is 11.1 Å². The lowest BCUT2D eigenvalue weighted by Crippen LogP contribution is -2.36. The maximum absolute atomic E-state index is 11.8. The minimum absolute atomic E-state index is 0.137. The molecule has 0 aromatic heterocycles. The molecule has 0 unspecified atom stereocenters. The predicted molar refractivity (Wildman–Crippen MR) is 70.6 cm³/mol. The van der Waals surface area contributed by atoms with Crippen LogP contribution in [0.25, 0.3) is 0 Å². The van der Waals surface area contributed by atoms with Gasteiger partial charge in [-0.1, -0.05) is 30.5 Å². The molecule has 2 amide bonds. The van der Waals surface area contributed by atoms with Crippen LogP contribution in [0.3, 0.4) is 0 Å². The van der Waals surface area contributed by atoms with Gasteiger partial charge in [0, 0.05) is 16.8 Å². The van der Waals surface area contributed by atoms with Crippen LogP contribution < -0.4 is 10.6 Å². The van der Waals surface area contributed by atoms with Crippen molar-refractivity contribution in [3.05, 3.63) is 28.8 Å². The molecule has 1 saturated carbocycles. The Morgan fingerprint density at radius 1 is 1.35 bits per heavy atom. The zero-order chi connectivity index (χ0) is 12.3. The van der Waals surface area contributed by atoms with Gasteiger partial charge in [0.2, 0.25) is 0 Å². The first kappa shape index (κ1) is 12.2. The molecule has 1 fully saturated rings. The van der Waals surface area contributed by atoms with E-state index in [0.717, 1.165) is 24.1 Å². The molecule has 4 heteroatoms. The Balaban J connectivity index is 1.95. The first-order valence-electron chi connectivity index (χ1n) is 5.99. The molecular weight excluding hydrogens is 236 g/mol. The van der Waals surface area contributed by atoms with Crippen LogP contribution in [0, 0.1) is 6.92 Å². The highest BCUT2D eigenvalue weighted by Gasteiger charge is 2.17. The summed E-state index contributed by atoms with van der Waals surface area (Å²) in [5.74, 6) is 0. The van der Waals surface area contributed by atoms with E-state index in [4.69, 9.17) is 11.6 Å². The summed E-state index contributed by atoms with van der Waals surface area (Å²) in [5.41, 5.74) is 1.78. The molecule has 0 bridgehead atoms. The van der Waals surface area contributed by atoms with Crippen LogP contribution in [0.1, 0.15) is 31.2 Å². The van der Waals surface area contributed by atoms with Crippen LogP contribution in [0.2, 0.25) is 5.02 Å². The van der Waals surface area contributed by atoms with Crippen LogP contribution >= 0.6 is 11.6 Å². The molecule has 2 N–H and O–H groups in total. The summed E-state index contributed by atoms with van der Waals surface area (Å²) >= 11 is 5.90. The van der Waals surface area contributed by atoms with Crippen molar-refractivity contribution in [3.8, 4) is 0 Å². The molecule has 92 valence electrons. The summed E-state index contributed by atoms with van der Waals surface area (Å²) in [6.07, 6.45) is 4.59. The Kier molecular flexibility index (Phi) is 3.89. The SMILES string of the molecule is Cc1ccc(Cl)cc1NC(=O)NC1CCCC1. The van der Waals surface area contributed by atoms with E-state index in [9.17, 15) is 4.79 Å². The molecule has 1 aliphatic carbocycles. The van der Waals surface area contributed by atoms with Crippen molar-refractivity contribution < 1.29 is 4.79 Å². The number of carbonyl (C=O) groups is 1. The zero-order valence-corrected chi connectivity index (χ0v) is 10.7. The minimum atomic E-state index is -0.137. The zero-order valence-electron chi connectivity index (χ0n) is 9.92. The number of amides is 2. The lowest BCUT2D eigenvalue weighted by molar-refractivity contribution is 0.248. The fraction of sp³-hybridized carbons (Fsp3) is 0.462. The van der Waals surface area contributed by atoms with Gasteiger partial charge in [0.15, 0.2) is 0 Å². The van der Waals surface area contributed by atoms with E-state index in [1.807, 2.05) is 19.1 Å². The third kappa shape index (κ3) is 3.37. The average molecular weight is 253 g/mol. The smallest absolute Gasteiger partial charge is 0.319 e. The van der Waals surface area contributed by atoms with Gasteiger partial charge in [-0.25, -0.2) is 4.79 Å². The fourth-order valence-corrected chi connectivity index (χ4v) is 2.31. The Bertz CT molecular complexity index is 414. The van der Waals surface area contributed by atoms with Crippen LogP contribution in [-0.2, 0) is 0 Å². The molecular formula is C13H17ClN2O. The molecule has 1 aliphatic rings. The second-order valence-electron chi connectivity index (χ2n) is 4.54. The monoisotopic (exact) mass is 252 g/mol. The summed E-state index contributed by atoms with van der Waals surface area (Å²) in [5, 5.41) is 6.46. The van der Waals surface area contributed by atoms with Crippen LogP contribution in [0.15, 0.2) is 18.2 Å². The number of rotatable bonds is 2. The van der Waals surface area contributed by atoms with Crippen molar-refractivity contribution >= 4 is 23.3 Å². The molecule has 17 heavy (non-hydrogen) atoms. The first-order chi connectivity index (χ1) is 8.15. The van der Waals surface area contributed by atoms with Crippen LogP contribution in [0.4, 0.5) is 10.5 Å². The Morgan fingerprint density at radius 3 is 2.76 bits per heavy atom. The number of benzene rings is 1. The van der Waals surface area contributed by atoms with Crippen molar-refractivity contribution in [1.82, 2.24) is 5.32 Å². The van der Waals surface area contributed by atoms with Gasteiger partial charge in [-0.05, 0) is 37.5 Å². The number of halogens is 1. The van der Waals surface area contributed by atoms with Crippen molar-refractivity contribution in [1.29, 1.82) is 0 Å². The third-order valence-corrected chi connectivity index (χ3v) is 3.37. The summed E-state index contributed by atoms with van der Waals surface area (Å²) in [6.45, 7) is 1.95. The molecule has 0 spiro atoms. The molecule has 1 aromatic carbocycles. The first-order valence-corrected chi connectivity index (χ1v) is 6.36. The molecule has 2 rings (SSSR count). The predicted octanol–water partition coefficient (Wildman–Crippen LogP) is 3.71. The molecule has 0 radical (unpaired) electrons. The van der Waals surface area contributed by atoms with Gasteiger partial charge in [-0.3, -0.25) is 0 Å². The van der Waals surface area contributed by atoms with Crippen molar-refractivity contribution in [3.63, 3.8) is 0 Å². The van der Waals surface area contributed by atoms with Gasteiger partial charge >= 0.3 is 6.03 Å². The Labute approximate surface area is 107 Å². The fourth-order valence-electron chi connectivity index (χ4n) is 2.14. The molecule has 0 aliphatic heterocycles. The Morgan fingerprint density at radius 2 is 2.06 bits per heavy atom. The standard InChI is InChI=1S/C13H17ClN2O/c1-9-6-7-10(14)8-12(9)16-13(17)15-11-4-2-3-5-11/h6-8,11H,2-5H2,1H3,(H2,15,16,17). The van der Waals surface area contributed by atoms with E-state index in [2.05, 4.69) is 10.6 Å². The van der Waals surface area contributed by atoms with E-state index in [-0.39, 0.29) is 6.03 Å². The summed E-state index contributed by atoms with van der Waals surface area (Å²) in [4.78, 5) is 11.8. The summed E-state index contributed by atoms with van der Waals surface area (Å²) < 4.78 is 0. The van der Waals surface area contributed by atoms with E-state index in [1.54, 1.807) is 6.07 Å². The minimum Gasteiger partial charge on any atom is -0.335 e. The normalized spacial score (nSPS) is 15.9. The average Bonchev–Trinajstić information content (AvgIpc) is 2.76. The highest BCUT2D eigenvalue weighted by atomic mass is 35.5. The number of nitrogens with one attached hydrogen (secondary N) is 2. The second kappa shape index (κ2) is 5.41. The van der Waals surface area contributed by atoms with E-state index >= 15 is 0 Å². The summed E-state index contributed by atoms with van der Waals surface area (Å²) in [7, 11) is 0. The number of anilines is 1. The molecule has 0 atom stereocenters. The van der Waals surface area contributed by atoms with Gasteiger partial charge in [0.1, 0.15) is 0 Å². The lowest BCUT2D eigenvalue weighted by atomic mass is 10.2. The highest BCUT2D eigenvalue weighted by Crippen LogP contribution is 2.21. The van der Waals surface area contributed by atoms with Gasteiger partial charge < -0.3 is 10.6 Å². The van der Waals surface area contributed by atoms with Gasteiger partial charge in [-0.15, -0.1) is 0 Å². The number of carbonyl (C=O) groups excluding carboxylic acids is 1. The topological polar surface area (TPSA) is 41.1 Å². The van der Waals surface area contributed by atoms with E-state index < -0.39 is 0 Å². The maximum Gasteiger partial charge on any atom is 0.319 e. The molecule has 0 heterocycles. The van der Waals surface area contributed by atoms with Crippen molar-refractivity contribution in [2.45, 2.75) is 38.6 Å². The largest absolute Gasteiger partial charge is 0.335 e. The number of hydrogen-bond acceptors (Lipinski definition) is 1. The van der Waals surface area contributed by atoms with Gasteiger partial charge in [0.05, 0.1) is 0 Å². The van der Waals surface area contributed by atoms with Crippen molar-refractivity contribution in [2.75, 3.05) is 5.32 Å². The number of urea groups is 1. The van der Waals surface area contributed by atoms with Crippen LogP contribution in [-0.4, -0.2) is 12.1 Å². The highest BCUT2D eigenvalue weighted by molar-refractivity contribution is 6.31. The second-order valence-corrected chi connectivity index (χ2v) is 4.98. The lowest BCUT2D eigenvalue weighted by Gasteiger charge is -2.14. The molecule has 1 aromatic rings. The number of hydrogen-bond donors (Lipinski definition) is 2. The van der Waals surface area contributed by atoms with E-state index in [1.165, 1.54) is 12.8 Å². The maximum atomic E-state index is 11.8. The van der Waals surface area contributed by atoms with Crippen molar-refractivity contribution in [2.24, 2.45) is 0 Å². The van der Waals surface area contributed by atoms with Gasteiger partial charge in [-0.2, -0.15) is 0 Å². The quantitative estimate of drug-likeness (QED) is 0.828. The van der Waals surface area contributed by atoms with Gasteiger partial charge in [0.25, 0.3) is 0 Å². The van der Waals surface area contributed by atoms with Crippen LogP contribution in [0.5, 0.6) is 0 Å². The molecule has 3 nitrogen and oxygen atoms in total. The molecule has 0 saturated heterocycles. The summed E-state index contributed by atoms with van der Waals surface area (Å²) in [6, 6.07) is 5.67. The Hall–Kier alpha value is -1.22. The number of aryl methyl sites for hydroxylation is 1. The third-order valence-electron chi connectivity index (χ3n) is 3.14.